The molecule has 8 heteroatoms. The third-order valence-corrected chi connectivity index (χ3v) is 6.07. The maximum atomic E-state index is 12.6. The summed E-state index contributed by atoms with van der Waals surface area (Å²) in [6, 6.07) is 19.4. The number of nitrogens with one attached hydrogen (secondary N) is 4. The fourth-order valence-electron chi connectivity index (χ4n) is 3.12. The smallest absolute Gasteiger partial charge is 0.323 e. The zero-order valence-corrected chi connectivity index (χ0v) is 18.4. The highest BCUT2D eigenvalue weighted by Gasteiger charge is 2.30. The third-order valence-electron chi connectivity index (χ3n) is 5.07. The molecule has 1 fully saturated rings. The molecule has 1 atom stereocenters. The molecule has 2 aromatic carbocycles. The van der Waals surface area contributed by atoms with E-state index in [0.717, 1.165) is 18.4 Å². The van der Waals surface area contributed by atoms with Crippen LogP contribution in [0.1, 0.15) is 41.0 Å². The van der Waals surface area contributed by atoms with Crippen LogP contribution in [-0.4, -0.2) is 17.8 Å². The van der Waals surface area contributed by atoms with Crippen molar-refractivity contribution in [2.45, 2.75) is 25.8 Å². The van der Waals surface area contributed by atoms with Crippen LogP contribution in [0.3, 0.4) is 0 Å². The standard InChI is InChI=1S/C24H24N4O3S/c1-15(25-23(30)20-13-14-21(32-20)28-22(29)17-7-8-17)16-9-11-19(12-10-16)27-24(31)26-18-5-3-2-4-6-18/h2-6,9-15,17H,7-8H2,1H3,(H,25,30)(H,28,29)(H2,26,27,31). The molecule has 0 saturated heterocycles. The summed E-state index contributed by atoms with van der Waals surface area (Å²) in [5, 5.41) is 12.1. The molecule has 3 aromatic rings. The third kappa shape index (κ3) is 5.73. The largest absolute Gasteiger partial charge is 0.345 e. The Kier molecular flexibility index (Phi) is 6.51. The Morgan fingerprint density at radius 1 is 0.844 bits per heavy atom. The Hall–Kier alpha value is -3.65. The van der Waals surface area contributed by atoms with Crippen molar-refractivity contribution in [1.82, 2.24) is 5.32 Å². The molecule has 1 saturated carbocycles. The van der Waals surface area contributed by atoms with E-state index >= 15 is 0 Å². The highest BCUT2D eigenvalue weighted by molar-refractivity contribution is 7.18. The van der Waals surface area contributed by atoms with E-state index in [1.165, 1.54) is 11.3 Å². The summed E-state index contributed by atoms with van der Waals surface area (Å²) in [5.41, 5.74) is 2.27. The molecule has 4 rings (SSSR count). The monoisotopic (exact) mass is 448 g/mol. The lowest BCUT2D eigenvalue weighted by Gasteiger charge is -2.14. The minimum Gasteiger partial charge on any atom is -0.345 e. The highest BCUT2D eigenvalue weighted by atomic mass is 32.1. The van der Waals surface area contributed by atoms with E-state index in [1.54, 1.807) is 24.3 Å². The normalized spacial score (nSPS) is 13.7. The van der Waals surface area contributed by atoms with Gasteiger partial charge in [-0.05, 0) is 61.7 Å². The second kappa shape index (κ2) is 9.65. The van der Waals surface area contributed by atoms with Crippen LogP contribution < -0.4 is 21.3 Å². The Balaban J connectivity index is 1.29. The van der Waals surface area contributed by atoms with Crippen LogP contribution in [0.25, 0.3) is 0 Å². The first-order valence-corrected chi connectivity index (χ1v) is 11.2. The topological polar surface area (TPSA) is 99.3 Å². The lowest BCUT2D eigenvalue weighted by atomic mass is 10.1. The van der Waals surface area contributed by atoms with E-state index < -0.39 is 0 Å². The van der Waals surface area contributed by atoms with Crippen molar-refractivity contribution in [2.75, 3.05) is 16.0 Å². The van der Waals surface area contributed by atoms with Crippen molar-refractivity contribution in [3.05, 3.63) is 77.2 Å². The molecular weight excluding hydrogens is 424 g/mol. The van der Waals surface area contributed by atoms with E-state index in [-0.39, 0.29) is 29.8 Å². The van der Waals surface area contributed by atoms with Gasteiger partial charge in [0.15, 0.2) is 0 Å². The molecule has 0 aliphatic heterocycles. The minimum atomic E-state index is -0.326. The number of benzene rings is 2. The summed E-state index contributed by atoms with van der Waals surface area (Å²) in [7, 11) is 0. The van der Waals surface area contributed by atoms with Crippen LogP contribution >= 0.6 is 11.3 Å². The van der Waals surface area contributed by atoms with Gasteiger partial charge in [-0.15, -0.1) is 11.3 Å². The molecule has 1 aliphatic carbocycles. The number of carbonyl (C=O) groups excluding carboxylic acids is 3. The van der Waals surface area contributed by atoms with E-state index in [2.05, 4.69) is 21.3 Å². The van der Waals surface area contributed by atoms with Crippen molar-refractivity contribution < 1.29 is 14.4 Å². The maximum Gasteiger partial charge on any atom is 0.323 e. The number of urea groups is 1. The van der Waals surface area contributed by atoms with Gasteiger partial charge in [0.1, 0.15) is 0 Å². The summed E-state index contributed by atoms with van der Waals surface area (Å²) in [5.74, 6) is -0.0477. The van der Waals surface area contributed by atoms with Crippen molar-refractivity contribution in [3.8, 4) is 0 Å². The average molecular weight is 449 g/mol. The Labute approximate surface area is 190 Å². The zero-order valence-electron chi connectivity index (χ0n) is 17.6. The zero-order chi connectivity index (χ0) is 22.5. The fraction of sp³-hybridized carbons (Fsp3) is 0.208. The van der Waals surface area contributed by atoms with Crippen molar-refractivity contribution in [1.29, 1.82) is 0 Å². The summed E-state index contributed by atoms with van der Waals surface area (Å²) < 4.78 is 0. The molecule has 0 spiro atoms. The highest BCUT2D eigenvalue weighted by Crippen LogP contribution is 2.31. The molecule has 164 valence electrons. The van der Waals surface area contributed by atoms with Gasteiger partial charge >= 0.3 is 6.03 Å². The quantitative estimate of drug-likeness (QED) is 0.398. The summed E-state index contributed by atoms with van der Waals surface area (Å²) >= 11 is 1.26. The number of amides is 4. The van der Waals surface area contributed by atoms with Crippen molar-refractivity contribution in [3.63, 3.8) is 0 Å². The molecule has 32 heavy (non-hydrogen) atoms. The molecule has 4 N–H and O–H groups in total. The van der Waals surface area contributed by atoms with Crippen LogP contribution in [0.15, 0.2) is 66.7 Å². The van der Waals surface area contributed by atoms with E-state index in [4.69, 9.17) is 0 Å². The van der Waals surface area contributed by atoms with Crippen molar-refractivity contribution >= 4 is 45.6 Å². The molecular formula is C24H24N4O3S. The molecule has 4 amide bonds. The molecule has 0 bridgehead atoms. The van der Waals surface area contributed by atoms with Crippen LogP contribution in [-0.2, 0) is 4.79 Å². The average Bonchev–Trinajstić information content (AvgIpc) is 3.54. The van der Waals surface area contributed by atoms with E-state index in [1.807, 2.05) is 49.4 Å². The second-order valence-corrected chi connectivity index (χ2v) is 8.77. The number of rotatable bonds is 7. The van der Waals surface area contributed by atoms with Crippen LogP contribution in [0.5, 0.6) is 0 Å². The van der Waals surface area contributed by atoms with Gasteiger partial charge in [-0.25, -0.2) is 4.79 Å². The maximum absolute atomic E-state index is 12.6. The Morgan fingerprint density at radius 3 is 2.16 bits per heavy atom. The molecule has 1 unspecified atom stereocenters. The summed E-state index contributed by atoms with van der Waals surface area (Å²) in [6.45, 7) is 1.89. The molecule has 0 radical (unpaired) electrons. The minimum absolute atomic E-state index is 0.0262. The van der Waals surface area contributed by atoms with Gasteiger partial charge in [-0.3, -0.25) is 9.59 Å². The summed E-state index contributed by atoms with van der Waals surface area (Å²) in [6.07, 6.45) is 1.88. The number of carbonyl (C=O) groups is 3. The summed E-state index contributed by atoms with van der Waals surface area (Å²) in [4.78, 5) is 37.1. The van der Waals surface area contributed by atoms with Crippen LogP contribution in [0.4, 0.5) is 21.2 Å². The van der Waals surface area contributed by atoms with Gasteiger partial charge < -0.3 is 21.3 Å². The predicted molar refractivity (Wildman–Crippen MR) is 127 cm³/mol. The van der Waals surface area contributed by atoms with Gasteiger partial charge in [0.05, 0.1) is 15.9 Å². The number of hydrogen-bond donors (Lipinski definition) is 4. The molecule has 7 nitrogen and oxygen atoms in total. The Bertz CT molecular complexity index is 1110. The molecule has 1 heterocycles. The predicted octanol–water partition coefficient (Wildman–Crippen LogP) is 5.23. The van der Waals surface area contributed by atoms with Gasteiger partial charge in [-0.1, -0.05) is 30.3 Å². The van der Waals surface area contributed by atoms with E-state index in [9.17, 15) is 14.4 Å². The van der Waals surface area contributed by atoms with Crippen molar-refractivity contribution in [2.24, 2.45) is 5.92 Å². The molecule has 1 aliphatic rings. The van der Waals surface area contributed by atoms with Gasteiger partial charge in [-0.2, -0.15) is 0 Å². The first-order chi connectivity index (χ1) is 15.5. The van der Waals surface area contributed by atoms with Crippen LogP contribution in [0.2, 0.25) is 0 Å². The first kappa shape index (κ1) is 21.6. The fourth-order valence-corrected chi connectivity index (χ4v) is 3.93. The van der Waals surface area contributed by atoms with Crippen LogP contribution in [0, 0.1) is 5.92 Å². The number of anilines is 3. The second-order valence-electron chi connectivity index (χ2n) is 7.69. The first-order valence-electron chi connectivity index (χ1n) is 10.4. The lowest BCUT2D eigenvalue weighted by Crippen LogP contribution is -2.26. The lowest BCUT2D eigenvalue weighted by molar-refractivity contribution is -0.117. The van der Waals surface area contributed by atoms with Gasteiger partial charge in [0.25, 0.3) is 5.91 Å². The molecule has 1 aromatic heterocycles. The SMILES string of the molecule is CC(NC(=O)c1ccc(NC(=O)C2CC2)s1)c1ccc(NC(=O)Nc2ccccc2)cc1. The number of para-hydroxylation sites is 1. The Morgan fingerprint density at radius 2 is 1.50 bits per heavy atom. The number of thiophene rings is 1. The van der Waals surface area contributed by atoms with E-state index in [0.29, 0.717) is 21.3 Å². The van der Waals surface area contributed by atoms with Gasteiger partial charge in [0, 0.05) is 17.3 Å². The number of hydrogen-bond acceptors (Lipinski definition) is 4. The van der Waals surface area contributed by atoms with Gasteiger partial charge in [0.2, 0.25) is 5.91 Å².